The third-order valence-corrected chi connectivity index (χ3v) is 5.09. The molecule has 3 heterocycles. The second-order valence-corrected chi connectivity index (χ2v) is 6.80. The molecule has 0 amide bonds. The molecule has 0 aliphatic heterocycles. The van der Waals surface area contributed by atoms with Crippen molar-refractivity contribution < 1.29 is 0 Å². The fourth-order valence-corrected chi connectivity index (χ4v) is 3.65. The second kappa shape index (κ2) is 6.02. The maximum Gasteiger partial charge on any atom is 0.164 e. The Bertz CT molecular complexity index is 994. The van der Waals surface area contributed by atoms with Crippen molar-refractivity contribution >= 4 is 33.1 Å². The van der Waals surface area contributed by atoms with Crippen molar-refractivity contribution in [3.8, 4) is 11.4 Å². The zero-order chi connectivity index (χ0) is 16.5. The molecule has 24 heavy (non-hydrogen) atoms. The number of nitrogens with one attached hydrogen (secondary N) is 1. The molecule has 4 rings (SSSR count). The van der Waals surface area contributed by atoms with Gasteiger partial charge in [0.1, 0.15) is 10.6 Å². The third-order valence-electron chi connectivity index (χ3n) is 3.98. The van der Waals surface area contributed by atoms with E-state index in [2.05, 4.69) is 24.1 Å². The normalized spacial score (nSPS) is 10.9. The first kappa shape index (κ1) is 14.8. The number of nitrogens with zero attached hydrogens (tertiary/aromatic N) is 3. The number of aryl methyl sites for hydroxylation is 2. The Labute approximate surface area is 144 Å². The molecule has 4 nitrogen and oxygen atoms in total. The Morgan fingerprint density at radius 1 is 0.958 bits per heavy atom. The van der Waals surface area contributed by atoms with E-state index in [4.69, 9.17) is 9.97 Å². The first-order valence-electron chi connectivity index (χ1n) is 7.72. The van der Waals surface area contributed by atoms with Crippen LogP contribution in [-0.2, 0) is 0 Å². The number of hydrogen-bond acceptors (Lipinski definition) is 5. The molecular formula is C19H16N4S. The average Bonchev–Trinajstić information content (AvgIpc) is 2.91. The predicted molar refractivity (Wildman–Crippen MR) is 99.8 cm³/mol. The summed E-state index contributed by atoms with van der Waals surface area (Å²) in [4.78, 5) is 16.0. The number of fused-ring (bicyclic) bond motifs is 1. The van der Waals surface area contributed by atoms with Gasteiger partial charge in [0.25, 0.3) is 0 Å². The van der Waals surface area contributed by atoms with Crippen LogP contribution in [0, 0.1) is 13.8 Å². The molecule has 0 bridgehead atoms. The van der Waals surface area contributed by atoms with E-state index in [1.54, 1.807) is 23.7 Å². The molecule has 1 aromatic carbocycles. The summed E-state index contributed by atoms with van der Waals surface area (Å²) >= 11 is 1.70. The number of aromatic nitrogens is 3. The fraction of sp³-hybridized carbons (Fsp3) is 0.105. The summed E-state index contributed by atoms with van der Waals surface area (Å²) < 4.78 is 0. The van der Waals surface area contributed by atoms with Crippen molar-refractivity contribution in [1.29, 1.82) is 0 Å². The molecule has 0 atom stereocenters. The minimum absolute atomic E-state index is 0.690. The SMILES string of the molecule is Cc1sc2nc(-c3cccnc3)nc(Nc3ccccc3)c2c1C. The molecule has 0 aliphatic rings. The minimum Gasteiger partial charge on any atom is -0.340 e. The summed E-state index contributed by atoms with van der Waals surface area (Å²) in [5.41, 5.74) is 3.16. The van der Waals surface area contributed by atoms with Crippen LogP contribution in [-0.4, -0.2) is 15.0 Å². The van der Waals surface area contributed by atoms with Crippen LogP contribution in [0.2, 0.25) is 0 Å². The molecule has 0 fully saturated rings. The van der Waals surface area contributed by atoms with Crippen LogP contribution < -0.4 is 5.32 Å². The monoisotopic (exact) mass is 332 g/mol. The zero-order valence-electron chi connectivity index (χ0n) is 13.4. The van der Waals surface area contributed by atoms with Gasteiger partial charge in [-0.05, 0) is 43.7 Å². The summed E-state index contributed by atoms with van der Waals surface area (Å²) in [6.07, 6.45) is 3.55. The number of benzene rings is 1. The Balaban J connectivity index is 1.92. The van der Waals surface area contributed by atoms with Gasteiger partial charge in [-0.3, -0.25) is 4.98 Å². The molecule has 3 aromatic heterocycles. The van der Waals surface area contributed by atoms with Crippen LogP contribution in [0.4, 0.5) is 11.5 Å². The smallest absolute Gasteiger partial charge is 0.164 e. The van der Waals surface area contributed by atoms with Crippen molar-refractivity contribution in [2.24, 2.45) is 0 Å². The van der Waals surface area contributed by atoms with Crippen LogP contribution >= 0.6 is 11.3 Å². The number of thiophene rings is 1. The maximum absolute atomic E-state index is 4.79. The molecule has 0 radical (unpaired) electrons. The average molecular weight is 332 g/mol. The van der Waals surface area contributed by atoms with Crippen LogP contribution in [0.25, 0.3) is 21.6 Å². The van der Waals surface area contributed by atoms with Gasteiger partial charge in [-0.2, -0.15) is 0 Å². The number of para-hydroxylation sites is 1. The van der Waals surface area contributed by atoms with Crippen LogP contribution in [0.15, 0.2) is 54.9 Å². The van der Waals surface area contributed by atoms with Crippen LogP contribution in [0.1, 0.15) is 10.4 Å². The highest BCUT2D eigenvalue weighted by Gasteiger charge is 2.15. The van der Waals surface area contributed by atoms with E-state index in [1.807, 2.05) is 42.5 Å². The van der Waals surface area contributed by atoms with Gasteiger partial charge in [-0.1, -0.05) is 18.2 Å². The largest absolute Gasteiger partial charge is 0.340 e. The van der Waals surface area contributed by atoms with Gasteiger partial charge < -0.3 is 5.32 Å². The van der Waals surface area contributed by atoms with E-state index in [0.717, 1.165) is 27.3 Å². The van der Waals surface area contributed by atoms with Crippen molar-refractivity contribution in [3.63, 3.8) is 0 Å². The quantitative estimate of drug-likeness (QED) is 0.566. The Morgan fingerprint density at radius 2 is 1.79 bits per heavy atom. The van der Waals surface area contributed by atoms with Crippen molar-refractivity contribution in [1.82, 2.24) is 15.0 Å². The van der Waals surface area contributed by atoms with Gasteiger partial charge in [0, 0.05) is 28.5 Å². The van der Waals surface area contributed by atoms with Crippen LogP contribution in [0.3, 0.4) is 0 Å². The van der Waals surface area contributed by atoms with Gasteiger partial charge in [0.05, 0.1) is 5.39 Å². The van der Waals surface area contributed by atoms with Crippen molar-refractivity contribution in [3.05, 3.63) is 65.3 Å². The molecule has 0 spiro atoms. The number of anilines is 2. The van der Waals surface area contributed by atoms with E-state index in [1.165, 1.54) is 10.4 Å². The second-order valence-electron chi connectivity index (χ2n) is 5.59. The Hall–Kier alpha value is -2.79. The summed E-state index contributed by atoms with van der Waals surface area (Å²) in [5, 5.41) is 4.54. The highest BCUT2D eigenvalue weighted by molar-refractivity contribution is 7.18. The lowest BCUT2D eigenvalue weighted by atomic mass is 10.2. The van der Waals surface area contributed by atoms with E-state index in [0.29, 0.717) is 5.82 Å². The first-order chi connectivity index (χ1) is 11.7. The minimum atomic E-state index is 0.690. The van der Waals surface area contributed by atoms with Gasteiger partial charge in [0.2, 0.25) is 0 Å². The molecule has 0 aliphatic carbocycles. The molecule has 1 N–H and O–H groups in total. The topological polar surface area (TPSA) is 50.7 Å². The van der Waals surface area contributed by atoms with E-state index < -0.39 is 0 Å². The van der Waals surface area contributed by atoms with Crippen LogP contribution in [0.5, 0.6) is 0 Å². The molecule has 5 heteroatoms. The number of rotatable bonds is 3. The molecular weight excluding hydrogens is 316 g/mol. The predicted octanol–water partition coefficient (Wildman–Crippen LogP) is 5.11. The van der Waals surface area contributed by atoms with E-state index >= 15 is 0 Å². The number of hydrogen-bond donors (Lipinski definition) is 1. The highest BCUT2D eigenvalue weighted by Crippen LogP contribution is 2.35. The first-order valence-corrected chi connectivity index (χ1v) is 8.54. The van der Waals surface area contributed by atoms with E-state index in [9.17, 15) is 0 Å². The fourth-order valence-electron chi connectivity index (χ4n) is 2.62. The maximum atomic E-state index is 4.79. The molecule has 118 valence electrons. The lowest BCUT2D eigenvalue weighted by Crippen LogP contribution is -1.98. The summed E-state index contributed by atoms with van der Waals surface area (Å²) in [5.74, 6) is 1.53. The standard InChI is InChI=1S/C19H16N4S/c1-12-13(2)24-19-16(12)18(21-15-8-4-3-5-9-15)22-17(23-19)14-7-6-10-20-11-14/h3-11H,1-2H3,(H,21,22,23). The lowest BCUT2D eigenvalue weighted by Gasteiger charge is -2.09. The zero-order valence-corrected chi connectivity index (χ0v) is 14.3. The van der Waals surface area contributed by atoms with Gasteiger partial charge in [-0.25, -0.2) is 9.97 Å². The lowest BCUT2D eigenvalue weighted by molar-refractivity contribution is 1.21. The summed E-state index contributed by atoms with van der Waals surface area (Å²) in [6, 6.07) is 14.0. The Morgan fingerprint density at radius 3 is 2.54 bits per heavy atom. The van der Waals surface area contributed by atoms with Crippen molar-refractivity contribution in [2.75, 3.05) is 5.32 Å². The highest BCUT2D eigenvalue weighted by atomic mass is 32.1. The molecule has 0 unspecified atom stereocenters. The van der Waals surface area contributed by atoms with E-state index in [-0.39, 0.29) is 0 Å². The molecule has 4 aromatic rings. The van der Waals surface area contributed by atoms with Gasteiger partial charge in [-0.15, -0.1) is 11.3 Å². The molecule has 0 saturated carbocycles. The van der Waals surface area contributed by atoms with Crippen molar-refractivity contribution in [2.45, 2.75) is 13.8 Å². The number of pyridine rings is 1. The van der Waals surface area contributed by atoms with Gasteiger partial charge >= 0.3 is 0 Å². The van der Waals surface area contributed by atoms with Gasteiger partial charge in [0.15, 0.2) is 5.82 Å². The Kier molecular flexibility index (Phi) is 3.70. The molecule has 0 saturated heterocycles. The summed E-state index contributed by atoms with van der Waals surface area (Å²) in [6.45, 7) is 4.25. The summed E-state index contributed by atoms with van der Waals surface area (Å²) in [7, 11) is 0. The third kappa shape index (κ3) is 2.63.